The number of hydrogen-bond donors (Lipinski definition) is 2. The summed E-state index contributed by atoms with van der Waals surface area (Å²) in [5.41, 5.74) is 2.75. The van der Waals surface area contributed by atoms with E-state index in [0.717, 1.165) is 17.7 Å². The van der Waals surface area contributed by atoms with Gasteiger partial charge in [0, 0.05) is 49.7 Å². The minimum Gasteiger partial charge on any atom is -0.434 e. The maximum absolute atomic E-state index is 12.6. The summed E-state index contributed by atoms with van der Waals surface area (Å²) in [6, 6.07) is 12.7. The molecule has 0 aliphatic carbocycles. The fraction of sp³-hybridized carbons (Fsp3) is 0.238. The summed E-state index contributed by atoms with van der Waals surface area (Å²) >= 11 is 5.99. The zero-order chi connectivity index (χ0) is 21.3. The Morgan fingerprint density at radius 3 is 2.70 bits per heavy atom. The van der Waals surface area contributed by atoms with E-state index >= 15 is 0 Å². The molecule has 30 heavy (non-hydrogen) atoms. The first-order valence-corrected chi connectivity index (χ1v) is 9.62. The molecule has 0 saturated carbocycles. The second-order valence-electron chi connectivity index (χ2n) is 6.46. The molecule has 3 aromatic rings. The Morgan fingerprint density at radius 2 is 1.97 bits per heavy atom. The molecule has 2 N–H and O–H groups in total. The maximum atomic E-state index is 12.6. The SMILES string of the molecule is CN=C(NCc1cccc(Cn2ccnc2)c1)NCc1cc(Cl)ccc1OC(F)F. The predicted molar refractivity (Wildman–Crippen MR) is 113 cm³/mol. The van der Waals surface area contributed by atoms with Gasteiger partial charge in [0.15, 0.2) is 5.96 Å². The van der Waals surface area contributed by atoms with Crippen LogP contribution in [0, 0.1) is 0 Å². The van der Waals surface area contributed by atoms with Gasteiger partial charge in [-0.2, -0.15) is 8.78 Å². The smallest absolute Gasteiger partial charge is 0.387 e. The molecule has 0 bridgehead atoms. The molecule has 0 fully saturated rings. The molecule has 6 nitrogen and oxygen atoms in total. The van der Waals surface area contributed by atoms with Crippen molar-refractivity contribution in [2.24, 2.45) is 4.99 Å². The number of guanidine groups is 1. The lowest BCUT2D eigenvalue weighted by Crippen LogP contribution is -2.36. The van der Waals surface area contributed by atoms with Crippen molar-refractivity contribution in [3.8, 4) is 5.75 Å². The molecular formula is C21H22ClF2N5O. The van der Waals surface area contributed by atoms with Gasteiger partial charge >= 0.3 is 6.61 Å². The van der Waals surface area contributed by atoms with Crippen molar-refractivity contribution in [3.63, 3.8) is 0 Å². The second-order valence-corrected chi connectivity index (χ2v) is 6.90. The van der Waals surface area contributed by atoms with Crippen LogP contribution in [0.1, 0.15) is 16.7 Å². The van der Waals surface area contributed by atoms with Gasteiger partial charge in [0.1, 0.15) is 5.75 Å². The summed E-state index contributed by atoms with van der Waals surface area (Å²) in [6.07, 6.45) is 5.44. The van der Waals surface area contributed by atoms with Crippen molar-refractivity contribution in [2.45, 2.75) is 26.2 Å². The molecule has 0 aliphatic heterocycles. The van der Waals surface area contributed by atoms with Crippen LogP contribution in [-0.2, 0) is 19.6 Å². The van der Waals surface area contributed by atoms with Gasteiger partial charge in [-0.15, -0.1) is 0 Å². The average Bonchev–Trinajstić information content (AvgIpc) is 3.23. The summed E-state index contributed by atoms with van der Waals surface area (Å²) in [7, 11) is 1.64. The quantitative estimate of drug-likeness (QED) is 0.415. The first-order valence-electron chi connectivity index (χ1n) is 9.25. The normalized spacial score (nSPS) is 11.6. The van der Waals surface area contributed by atoms with Crippen LogP contribution in [0.3, 0.4) is 0 Å². The Labute approximate surface area is 178 Å². The van der Waals surface area contributed by atoms with Gasteiger partial charge < -0.3 is 19.9 Å². The summed E-state index contributed by atoms with van der Waals surface area (Å²) in [4.78, 5) is 8.23. The number of nitrogens with zero attached hydrogens (tertiary/aromatic N) is 3. The highest BCUT2D eigenvalue weighted by molar-refractivity contribution is 6.30. The average molecular weight is 434 g/mol. The highest BCUT2D eigenvalue weighted by atomic mass is 35.5. The van der Waals surface area contributed by atoms with Gasteiger partial charge in [-0.05, 0) is 29.3 Å². The van der Waals surface area contributed by atoms with Gasteiger partial charge in [0.2, 0.25) is 0 Å². The van der Waals surface area contributed by atoms with E-state index < -0.39 is 6.61 Å². The number of aromatic nitrogens is 2. The van der Waals surface area contributed by atoms with Crippen LogP contribution in [-0.4, -0.2) is 29.2 Å². The van der Waals surface area contributed by atoms with E-state index in [2.05, 4.69) is 37.5 Å². The van der Waals surface area contributed by atoms with Gasteiger partial charge in [0.25, 0.3) is 0 Å². The zero-order valence-electron chi connectivity index (χ0n) is 16.4. The van der Waals surface area contributed by atoms with Crippen molar-refractivity contribution >= 4 is 17.6 Å². The predicted octanol–water partition coefficient (Wildman–Crippen LogP) is 4.05. The fourth-order valence-electron chi connectivity index (χ4n) is 2.91. The van der Waals surface area contributed by atoms with E-state index in [1.165, 1.54) is 12.1 Å². The fourth-order valence-corrected chi connectivity index (χ4v) is 3.11. The summed E-state index contributed by atoms with van der Waals surface area (Å²) in [5.74, 6) is 0.600. The van der Waals surface area contributed by atoms with Crippen molar-refractivity contribution < 1.29 is 13.5 Å². The van der Waals surface area contributed by atoms with Crippen LogP contribution in [0.4, 0.5) is 8.78 Å². The van der Waals surface area contributed by atoms with Gasteiger partial charge in [-0.25, -0.2) is 4.98 Å². The molecule has 0 aliphatic rings. The van der Waals surface area contributed by atoms with E-state index in [-0.39, 0.29) is 12.3 Å². The van der Waals surface area contributed by atoms with Crippen LogP contribution < -0.4 is 15.4 Å². The minimum absolute atomic E-state index is 0.0737. The van der Waals surface area contributed by atoms with Crippen molar-refractivity contribution in [1.82, 2.24) is 20.2 Å². The zero-order valence-corrected chi connectivity index (χ0v) is 17.1. The number of ether oxygens (including phenoxy) is 1. The number of imidazole rings is 1. The third kappa shape index (κ3) is 6.45. The maximum Gasteiger partial charge on any atom is 0.387 e. The van der Waals surface area contributed by atoms with Crippen molar-refractivity contribution in [3.05, 3.63) is 82.9 Å². The topological polar surface area (TPSA) is 63.5 Å². The van der Waals surface area contributed by atoms with Gasteiger partial charge in [-0.3, -0.25) is 4.99 Å². The Hall–Kier alpha value is -3.13. The lowest BCUT2D eigenvalue weighted by molar-refractivity contribution is -0.0504. The molecule has 2 aromatic carbocycles. The number of benzene rings is 2. The highest BCUT2D eigenvalue weighted by Crippen LogP contribution is 2.24. The molecule has 1 heterocycles. The highest BCUT2D eigenvalue weighted by Gasteiger charge is 2.11. The van der Waals surface area contributed by atoms with Crippen molar-refractivity contribution in [2.75, 3.05) is 7.05 Å². The summed E-state index contributed by atoms with van der Waals surface area (Å²) in [6.45, 7) is -1.39. The van der Waals surface area contributed by atoms with Gasteiger partial charge in [-0.1, -0.05) is 35.9 Å². The summed E-state index contributed by atoms with van der Waals surface area (Å²) < 4.78 is 31.8. The molecule has 0 radical (unpaired) electrons. The van der Waals surface area contributed by atoms with Crippen LogP contribution in [0.5, 0.6) is 5.75 Å². The Kier molecular flexibility index (Phi) is 7.62. The lowest BCUT2D eigenvalue weighted by Gasteiger charge is -2.15. The first kappa shape index (κ1) is 21.6. The Bertz CT molecular complexity index is 979. The van der Waals surface area contributed by atoms with E-state index in [1.807, 2.05) is 22.9 Å². The van der Waals surface area contributed by atoms with Crippen LogP contribution in [0.25, 0.3) is 0 Å². The number of hydrogen-bond acceptors (Lipinski definition) is 3. The number of alkyl halides is 2. The molecule has 0 amide bonds. The van der Waals surface area contributed by atoms with Crippen LogP contribution >= 0.6 is 11.6 Å². The van der Waals surface area contributed by atoms with Crippen molar-refractivity contribution in [1.29, 1.82) is 0 Å². The molecule has 0 atom stereocenters. The van der Waals surface area contributed by atoms with Crippen LogP contribution in [0.15, 0.2) is 66.2 Å². The largest absolute Gasteiger partial charge is 0.434 e. The molecule has 0 saturated heterocycles. The molecule has 3 rings (SSSR count). The number of rotatable bonds is 8. The minimum atomic E-state index is -2.91. The third-order valence-corrected chi connectivity index (χ3v) is 4.52. The first-order chi connectivity index (χ1) is 14.5. The molecule has 9 heteroatoms. The van der Waals surface area contributed by atoms with E-state index in [4.69, 9.17) is 11.6 Å². The monoisotopic (exact) mass is 433 g/mol. The van der Waals surface area contributed by atoms with Gasteiger partial charge in [0.05, 0.1) is 6.33 Å². The Balaban J connectivity index is 1.57. The number of halogens is 3. The number of aliphatic imine (C=N–C) groups is 1. The standard InChI is InChI=1S/C21H22ClF2N5O/c1-25-21(28-12-17-10-18(22)5-6-19(17)30-20(23)24)27-11-15-3-2-4-16(9-15)13-29-8-7-26-14-29/h2-10,14,20H,11-13H2,1H3,(H2,25,27,28). The van der Waals surface area contributed by atoms with E-state index in [0.29, 0.717) is 23.1 Å². The molecule has 158 valence electrons. The molecule has 0 spiro atoms. The molecule has 0 unspecified atom stereocenters. The number of nitrogens with one attached hydrogen (secondary N) is 2. The van der Waals surface area contributed by atoms with E-state index in [1.54, 1.807) is 25.6 Å². The Morgan fingerprint density at radius 1 is 1.17 bits per heavy atom. The second kappa shape index (κ2) is 10.6. The van der Waals surface area contributed by atoms with E-state index in [9.17, 15) is 8.78 Å². The summed E-state index contributed by atoms with van der Waals surface area (Å²) in [5, 5.41) is 6.74. The van der Waals surface area contributed by atoms with Crippen LogP contribution in [0.2, 0.25) is 5.02 Å². The molecule has 1 aromatic heterocycles. The third-order valence-electron chi connectivity index (χ3n) is 4.28. The molecular weight excluding hydrogens is 412 g/mol. The lowest BCUT2D eigenvalue weighted by atomic mass is 10.1.